The average Bonchev–Trinajstić information content (AvgIpc) is 2.89. The number of piperidine rings is 1. The lowest BCUT2D eigenvalue weighted by Gasteiger charge is -2.43. The van der Waals surface area contributed by atoms with Crippen LogP contribution in [0.25, 0.3) is 0 Å². The summed E-state index contributed by atoms with van der Waals surface area (Å²) < 4.78 is 19.0. The normalized spacial score (nSPS) is 22.0. The third-order valence-electron chi connectivity index (χ3n) is 6.09. The number of benzene rings is 3. The number of carbonyl (C=O) groups is 1. The first kappa shape index (κ1) is 25.1. The molecule has 1 fully saturated rings. The van der Waals surface area contributed by atoms with Gasteiger partial charge in [-0.15, -0.1) is 0 Å². The second-order valence-electron chi connectivity index (χ2n) is 8.84. The summed E-state index contributed by atoms with van der Waals surface area (Å²) in [6.07, 6.45) is -0.658. The van der Waals surface area contributed by atoms with Gasteiger partial charge in [-0.05, 0) is 16.7 Å². The van der Waals surface area contributed by atoms with Gasteiger partial charge in [0.05, 0.1) is 38.5 Å². The highest BCUT2D eigenvalue weighted by Crippen LogP contribution is 2.22. The third-order valence-corrected chi connectivity index (χ3v) is 6.09. The van der Waals surface area contributed by atoms with Crippen molar-refractivity contribution in [1.29, 1.82) is 0 Å². The van der Waals surface area contributed by atoms with Crippen molar-refractivity contribution in [3.63, 3.8) is 0 Å². The van der Waals surface area contributed by atoms with E-state index in [-0.39, 0.29) is 30.2 Å². The van der Waals surface area contributed by atoms with Crippen LogP contribution in [0, 0.1) is 0 Å². The van der Waals surface area contributed by atoms with E-state index < -0.39 is 0 Å². The molecule has 2 N–H and O–H groups in total. The van der Waals surface area contributed by atoms with Crippen LogP contribution >= 0.6 is 0 Å². The molecule has 4 atom stereocenters. The van der Waals surface area contributed by atoms with Gasteiger partial charge in [-0.2, -0.15) is 0 Å². The fourth-order valence-electron chi connectivity index (χ4n) is 4.35. The molecule has 35 heavy (non-hydrogen) atoms. The van der Waals surface area contributed by atoms with Crippen molar-refractivity contribution in [2.75, 3.05) is 13.2 Å². The van der Waals surface area contributed by atoms with Crippen LogP contribution in [0.15, 0.2) is 91.0 Å². The van der Waals surface area contributed by atoms with E-state index in [1.807, 2.05) is 78.9 Å². The second kappa shape index (κ2) is 13.2. The topological polar surface area (TPSA) is 68.8 Å². The average molecular weight is 475 g/mol. The van der Waals surface area contributed by atoms with Gasteiger partial charge in [0, 0.05) is 13.5 Å². The standard InChI is InChI=1S/C29H34N2O4/c1-22(32)31-26-17-30-27(21-33-18-23-11-5-2-6-12-23)29(35-20-25-15-9-4-10-16-25)28(26)34-19-24-13-7-3-8-14-24/h2-16,26-30H,17-21H2,1H3,(H,31,32)/t26-,27+,28+,29+/m0/s1. The van der Waals surface area contributed by atoms with E-state index in [2.05, 4.69) is 22.8 Å². The number of amides is 1. The van der Waals surface area contributed by atoms with Gasteiger partial charge in [0.1, 0.15) is 12.2 Å². The van der Waals surface area contributed by atoms with Gasteiger partial charge in [0.25, 0.3) is 0 Å². The van der Waals surface area contributed by atoms with Crippen LogP contribution < -0.4 is 10.6 Å². The largest absolute Gasteiger partial charge is 0.375 e. The molecular formula is C29H34N2O4. The molecule has 1 aliphatic heterocycles. The molecule has 4 rings (SSSR count). The highest BCUT2D eigenvalue weighted by molar-refractivity contribution is 5.73. The number of hydrogen-bond acceptors (Lipinski definition) is 5. The number of carbonyl (C=O) groups excluding carboxylic acids is 1. The fraction of sp³-hybridized carbons (Fsp3) is 0.345. The molecule has 1 aliphatic rings. The highest BCUT2D eigenvalue weighted by atomic mass is 16.5. The number of rotatable bonds is 11. The molecule has 3 aromatic rings. The minimum absolute atomic E-state index is 0.0896. The predicted molar refractivity (Wildman–Crippen MR) is 136 cm³/mol. The summed E-state index contributed by atoms with van der Waals surface area (Å²) in [5.41, 5.74) is 3.28. The van der Waals surface area contributed by atoms with Crippen molar-refractivity contribution < 1.29 is 19.0 Å². The SMILES string of the molecule is CC(=O)N[C@H]1CN[C@H](COCc2ccccc2)[C@@H](OCc2ccccc2)[C@@H]1OCc1ccccc1. The van der Waals surface area contributed by atoms with Crippen molar-refractivity contribution in [3.05, 3.63) is 108 Å². The third kappa shape index (κ3) is 7.73. The molecule has 0 spiro atoms. The van der Waals surface area contributed by atoms with Crippen LogP contribution in [0.4, 0.5) is 0 Å². The molecule has 184 valence electrons. The molecule has 0 saturated carbocycles. The van der Waals surface area contributed by atoms with Gasteiger partial charge in [-0.25, -0.2) is 0 Å². The molecule has 6 heteroatoms. The predicted octanol–water partition coefficient (Wildman–Crippen LogP) is 3.85. The van der Waals surface area contributed by atoms with Gasteiger partial charge in [0.15, 0.2) is 0 Å². The lowest BCUT2D eigenvalue weighted by molar-refractivity contribution is -0.142. The molecule has 0 aromatic heterocycles. The molecule has 6 nitrogen and oxygen atoms in total. The van der Waals surface area contributed by atoms with Crippen molar-refractivity contribution in [3.8, 4) is 0 Å². The summed E-state index contributed by atoms with van der Waals surface area (Å²) in [6.45, 7) is 3.97. The van der Waals surface area contributed by atoms with E-state index >= 15 is 0 Å². The summed E-state index contributed by atoms with van der Waals surface area (Å²) in [6, 6.07) is 29.9. The first-order chi connectivity index (χ1) is 17.2. The van der Waals surface area contributed by atoms with E-state index in [9.17, 15) is 4.79 Å². The minimum atomic E-state index is -0.339. The van der Waals surface area contributed by atoms with Crippen LogP contribution in [-0.2, 0) is 38.8 Å². The summed E-state index contributed by atoms with van der Waals surface area (Å²) in [5, 5.41) is 6.58. The first-order valence-corrected chi connectivity index (χ1v) is 12.1. The smallest absolute Gasteiger partial charge is 0.217 e. The van der Waals surface area contributed by atoms with Crippen LogP contribution in [-0.4, -0.2) is 43.4 Å². The zero-order valence-corrected chi connectivity index (χ0v) is 20.1. The first-order valence-electron chi connectivity index (χ1n) is 12.1. The Morgan fingerprint density at radius 1 is 0.771 bits per heavy atom. The van der Waals surface area contributed by atoms with E-state index in [1.54, 1.807) is 0 Å². The number of ether oxygens (including phenoxy) is 3. The van der Waals surface area contributed by atoms with Gasteiger partial charge in [-0.3, -0.25) is 4.79 Å². The Balaban J connectivity index is 1.49. The molecule has 3 aromatic carbocycles. The molecular weight excluding hydrogens is 440 g/mol. The second-order valence-corrected chi connectivity index (χ2v) is 8.84. The van der Waals surface area contributed by atoms with Crippen LogP contribution in [0.3, 0.4) is 0 Å². The monoisotopic (exact) mass is 474 g/mol. The maximum Gasteiger partial charge on any atom is 0.217 e. The lowest BCUT2D eigenvalue weighted by Crippen LogP contribution is -2.66. The van der Waals surface area contributed by atoms with Gasteiger partial charge in [0.2, 0.25) is 5.91 Å². The molecule has 0 bridgehead atoms. The molecule has 1 heterocycles. The Kier molecular flexibility index (Phi) is 9.43. The number of hydrogen-bond donors (Lipinski definition) is 2. The van der Waals surface area contributed by atoms with E-state index in [4.69, 9.17) is 14.2 Å². The Labute approximate surface area is 207 Å². The molecule has 1 saturated heterocycles. The molecule has 0 unspecified atom stereocenters. The van der Waals surface area contributed by atoms with Gasteiger partial charge < -0.3 is 24.8 Å². The van der Waals surface area contributed by atoms with E-state index in [1.165, 1.54) is 6.92 Å². The summed E-state index contributed by atoms with van der Waals surface area (Å²) in [7, 11) is 0. The minimum Gasteiger partial charge on any atom is -0.375 e. The van der Waals surface area contributed by atoms with E-state index in [0.717, 1.165) is 16.7 Å². The molecule has 1 amide bonds. The summed E-state index contributed by atoms with van der Waals surface area (Å²) in [5.74, 6) is -0.0919. The van der Waals surface area contributed by atoms with E-state index in [0.29, 0.717) is 33.0 Å². The van der Waals surface area contributed by atoms with Crippen LogP contribution in [0.1, 0.15) is 23.6 Å². The van der Waals surface area contributed by atoms with Gasteiger partial charge in [-0.1, -0.05) is 91.0 Å². The highest BCUT2D eigenvalue weighted by Gasteiger charge is 2.41. The van der Waals surface area contributed by atoms with Crippen LogP contribution in [0.2, 0.25) is 0 Å². The maximum absolute atomic E-state index is 12.0. The molecule has 0 radical (unpaired) electrons. The Morgan fingerprint density at radius 3 is 1.77 bits per heavy atom. The maximum atomic E-state index is 12.0. The van der Waals surface area contributed by atoms with Crippen molar-refractivity contribution in [2.24, 2.45) is 0 Å². The van der Waals surface area contributed by atoms with Crippen molar-refractivity contribution in [2.45, 2.75) is 51.0 Å². The Hall–Kier alpha value is -3.03. The van der Waals surface area contributed by atoms with Crippen molar-refractivity contribution >= 4 is 5.91 Å². The zero-order valence-electron chi connectivity index (χ0n) is 20.1. The van der Waals surface area contributed by atoms with Crippen LogP contribution in [0.5, 0.6) is 0 Å². The lowest BCUT2D eigenvalue weighted by atomic mass is 9.93. The quantitative estimate of drug-likeness (QED) is 0.442. The summed E-state index contributed by atoms with van der Waals surface area (Å²) in [4.78, 5) is 12.0. The van der Waals surface area contributed by atoms with Gasteiger partial charge >= 0.3 is 0 Å². The van der Waals surface area contributed by atoms with Crippen molar-refractivity contribution in [1.82, 2.24) is 10.6 Å². The summed E-state index contributed by atoms with van der Waals surface area (Å²) >= 11 is 0. The Morgan fingerprint density at radius 2 is 1.26 bits per heavy atom. The fourth-order valence-corrected chi connectivity index (χ4v) is 4.35. The Bertz CT molecular complexity index is 1020. The number of nitrogens with one attached hydrogen (secondary N) is 2. The molecule has 0 aliphatic carbocycles. The zero-order chi connectivity index (χ0) is 24.3.